The molecule has 0 aliphatic heterocycles. The third kappa shape index (κ3) is 37.4. The number of carboxylic acids is 1. The van der Waals surface area contributed by atoms with E-state index in [0.717, 1.165) is 64.2 Å². The Kier molecular flexibility index (Phi) is 37.5. The van der Waals surface area contributed by atoms with Crippen molar-refractivity contribution in [2.75, 3.05) is 0 Å². The van der Waals surface area contributed by atoms with Crippen LogP contribution >= 0.6 is 0 Å². The molecule has 0 aliphatic rings. The number of aliphatic carboxylic acids is 1. The average molecular weight is 651 g/mol. The van der Waals surface area contributed by atoms with E-state index in [4.69, 9.17) is 9.84 Å². The summed E-state index contributed by atoms with van der Waals surface area (Å²) in [5.41, 5.74) is 0. The minimum Gasteiger partial charge on any atom is -0.481 e. The highest BCUT2D eigenvalue weighted by molar-refractivity contribution is 5.69. The summed E-state index contributed by atoms with van der Waals surface area (Å²) < 4.78 is 6.02. The van der Waals surface area contributed by atoms with Crippen LogP contribution in [0.4, 0.5) is 0 Å². The van der Waals surface area contributed by atoms with Gasteiger partial charge in [0.15, 0.2) is 0 Å². The van der Waals surface area contributed by atoms with Gasteiger partial charge in [0.05, 0.1) is 0 Å². The van der Waals surface area contributed by atoms with Gasteiger partial charge >= 0.3 is 11.9 Å². The maximum atomic E-state index is 12.7. The standard InChI is InChI=1S/C42H82O4/c1-3-5-7-9-11-13-15-17-18-19-20-22-24-26-31-35-39-42(45)46-40(37-33-29-27-30-34-38-41(43)44)36-32-28-25-23-21-16-14-12-10-8-6-4-2/h40H,3-39H2,1-2H3,(H,43,44). The molecule has 0 fully saturated rings. The quantitative estimate of drug-likeness (QED) is 0.0531. The Morgan fingerprint density at radius 3 is 0.957 bits per heavy atom. The van der Waals surface area contributed by atoms with E-state index in [1.165, 1.54) is 161 Å². The minimum absolute atomic E-state index is 0.00996. The SMILES string of the molecule is CCCCCCCCCCCCCCCCCCC(=O)OC(CCCCCCCCCCCCCC)CCCCCCCC(=O)O. The maximum Gasteiger partial charge on any atom is 0.306 e. The Morgan fingerprint density at radius 2 is 0.652 bits per heavy atom. The van der Waals surface area contributed by atoms with Gasteiger partial charge in [-0.05, 0) is 38.5 Å². The van der Waals surface area contributed by atoms with Crippen molar-refractivity contribution in [1.29, 1.82) is 0 Å². The van der Waals surface area contributed by atoms with E-state index in [1.807, 2.05) is 0 Å². The lowest BCUT2D eigenvalue weighted by atomic mass is 10.0. The molecule has 0 aromatic heterocycles. The van der Waals surface area contributed by atoms with Crippen molar-refractivity contribution < 1.29 is 19.4 Å². The summed E-state index contributed by atoms with van der Waals surface area (Å²) in [6, 6.07) is 0. The Balaban J connectivity index is 3.94. The van der Waals surface area contributed by atoms with Gasteiger partial charge in [0, 0.05) is 12.8 Å². The topological polar surface area (TPSA) is 63.6 Å². The summed E-state index contributed by atoms with van der Waals surface area (Å²) in [5.74, 6) is -0.686. The minimum atomic E-state index is -0.696. The lowest BCUT2D eigenvalue weighted by Crippen LogP contribution is -2.18. The number of carbonyl (C=O) groups is 2. The molecule has 0 rings (SSSR count). The molecule has 4 heteroatoms. The molecular formula is C42H82O4. The highest BCUT2D eigenvalue weighted by Gasteiger charge is 2.14. The summed E-state index contributed by atoms with van der Waals surface area (Å²) in [6.07, 6.45) is 45.5. The maximum absolute atomic E-state index is 12.7. The first-order chi connectivity index (χ1) is 22.6. The van der Waals surface area contributed by atoms with Crippen molar-refractivity contribution in [2.24, 2.45) is 0 Å². The van der Waals surface area contributed by atoms with E-state index in [2.05, 4.69) is 13.8 Å². The highest BCUT2D eigenvalue weighted by Crippen LogP contribution is 2.19. The molecule has 1 atom stereocenters. The second-order valence-electron chi connectivity index (χ2n) is 14.5. The fourth-order valence-corrected chi connectivity index (χ4v) is 6.72. The number of rotatable bonds is 39. The van der Waals surface area contributed by atoms with Crippen molar-refractivity contribution in [3.8, 4) is 0 Å². The van der Waals surface area contributed by atoms with Crippen LogP contribution in [-0.2, 0) is 14.3 Å². The third-order valence-corrected chi connectivity index (χ3v) is 9.83. The van der Waals surface area contributed by atoms with E-state index in [1.54, 1.807) is 0 Å². The summed E-state index contributed by atoms with van der Waals surface area (Å²) in [4.78, 5) is 23.4. The average Bonchev–Trinajstić information content (AvgIpc) is 3.04. The molecule has 1 N–H and O–H groups in total. The first kappa shape index (κ1) is 44.9. The van der Waals surface area contributed by atoms with Gasteiger partial charge in [0.1, 0.15) is 6.10 Å². The van der Waals surface area contributed by atoms with Crippen LogP contribution in [0, 0.1) is 0 Å². The number of carboxylic acid groups (broad SMARTS) is 1. The number of hydrogen-bond donors (Lipinski definition) is 1. The molecule has 46 heavy (non-hydrogen) atoms. The fraction of sp³-hybridized carbons (Fsp3) is 0.952. The van der Waals surface area contributed by atoms with Gasteiger partial charge in [-0.15, -0.1) is 0 Å². The predicted molar refractivity (Wildman–Crippen MR) is 200 cm³/mol. The monoisotopic (exact) mass is 651 g/mol. The number of unbranched alkanes of at least 4 members (excludes halogenated alkanes) is 30. The molecule has 0 spiro atoms. The summed E-state index contributed by atoms with van der Waals surface area (Å²) in [6.45, 7) is 4.57. The van der Waals surface area contributed by atoms with Gasteiger partial charge < -0.3 is 9.84 Å². The zero-order valence-electron chi connectivity index (χ0n) is 31.4. The molecule has 0 saturated carbocycles. The van der Waals surface area contributed by atoms with Crippen molar-refractivity contribution in [3.05, 3.63) is 0 Å². The van der Waals surface area contributed by atoms with E-state index in [0.29, 0.717) is 6.42 Å². The second kappa shape index (κ2) is 38.4. The van der Waals surface area contributed by atoms with Crippen molar-refractivity contribution in [3.63, 3.8) is 0 Å². The lowest BCUT2D eigenvalue weighted by Gasteiger charge is -2.18. The van der Waals surface area contributed by atoms with E-state index in [-0.39, 0.29) is 18.5 Å². The largest absolute Gasteiger partial charge is 0.481 e. The Morgan fingerprint density at radius 1 is 0.391 bits per heavy atom. The van der Waals surface area contributed by atoms with E-state index in [9.17, 15) is 9.59 Å². The van der Waals surface area contributed by atoms with Gasteiger partial charge in [0.2, 0.25) is 0 Å². The zero-order valence-corrected chi connectivity index (χ0v) is 31.4. The molecule has 0 aliphatic carbocycles. The Hall–Kier alpha value is -1.06. The highest BCUT2D eigenvalue weighted by atomic mass is 16.5. The fourth-order valence-electron chi connectivity index (χ4n) is 6.72. The Bertz CT molecular complexity index is 619. The van der Waals surface area contributed by atoms with Gasteiger partial charge in [-0.25, -0.2) is 0 Å². The Labute approximate surface area is 288 Å². The van der Waals surface area contributed by atoms with Crippen LogP contribution in [0.3, 0.4) is 0 Å². The second-order valence-corrected chi connectivity index (χ2v) is 14.5. The molecule has 0 amide bonds. The number of esters is 1. The van der Waals surface area contributed by atoms with Crippen LogP contribution in [0.15, 0.2) is 0 Å². The van der Waals surface area contributed by atoms with Crippen molar-refractivity contribution in [1.82, 2.24) is 0 Å². The van der Waals surface area contributed by atoms with E-state index < -0.39 is 5.97 Å². The van der Waals surface area contributed by atoms with Gasteiger partial charge in [-0.3, -0.25) is 9.59 Å². The molecule has 4 nitrogen and oxygen atoms in total. The van der Waals surface area contributed by atoms with Gasteiger partial charge in [0.25, 0.3) is 0 Å². The summed E-state index contributed by atoms with van der Waals surface area (Å²) >= 11 is 0. The lowest BCUT2D eigenvalue weighted by molar-refractivity contribution is -0.150. The number of hydrogen-bond acceptors (Lipinski definition) is 3. The third-order valence-electron chi connectivity index (χ3n) is 9.83. The van der Waals surface area contributed by atoms with Crippen LogP contribution in [0.2, 0.25) is 0 Å². The summed E-state index contributed by atoms with van der Waals surface area (Å²) in [7, 11) is 0. The molecule has 0 aromatic rings. The van der Waals surface area contributed by atoms with Gasteiger partial charge in [-0.1, -0.05) is 200 Å². The molecular weight excluding hydrogens is 568 g/mol. The zero-order chi connectivity index (χ0) is 33.6. The first-order valence-electron chi connectivity index (χ1n) is 21.0. The molecule has 0 heterocycles. The molecule has 0 saturated heterocycles. The molecule has 1 unspecified atom stereocenters. The van der Waals surface area contributed by atoms with Crippen molar-refractivity contribution in [2.45, 2.75) is 258 Å². The number of carbonyl (C=O) groups excluding carboxylic acids is 1. The van der Waals surface area contributed by atoms with Crippen molar-refractivity contribution >= 4 is 11.9 Å². The van der Waals surface area contributed by atoms with Crippen LogP contribution in [0.1, 0.15) is 251 Å². The predicted octanol–water partition coefficient (Wildman–Crippen LogP) is 14.5. The first-order valence-corrected chi connectivity index (χ1v) is 21.0. The van der Waals surface area contributed by atoms with E-state index >= 15 is 0 Å². The molecule has 0 aromatic carbocycles. The summed E-state index contributed by atoms with van der Waals surface area (Å²) in [5, 5.41) is 8.82. The van der Waals surface area contributed by atoms with Crippen LogP contribution in [0.25, 0.3) is 0 Å². The van der Waals surface area contributed by atoms with Gasteiger partial charge in [-0.2, -0.15) is 0 Å². The van der Waals surface area contributed by atoms with Crippen LogP contribution < -0.4 is 0 Å². The molecule has 274 valence electrons. The number of ether oxygens (including phenoxy) is 1. The smallest absolute Gasteiger partial charge is 0.306 e. The van der Waals surface area contributed by atoms with Crippen LogP contribution in [0.5, 0.6) is 0 Å². The molecule has 0 bridgehead atoms. The van der Waals surface area contributed by atoms with Crippen LogP contribution in [-0.4, -0.2) is 23.1 Å². The molecule has 0 radical (unpaired) electrons. The normalized spacial score (nSPS) is 12.0.